The van der Waals surface area contributed by atoms with Gasteiger partial charge in [0.25, 0.3) is 0 Å². The van der Waals surface area contributed by atoms with E-state index in [0.29, 0.717) is 35.0 Å². The SMILES string of the molecule is CCCCCCN1CC2C(C1)C2(C)c1cccc(NS(=O)(=O)CC(=O)OCC)c1.CCCCCCN1CC2C(C1)C2(C)c1cccc(NS(=O)(=O)CCO)c1.[AlH3].[H-].[Li+]. The summed E-state index contributed by atoms with van der Waals surface area (Å²) in [6.07, 6.45) is 10.4. The number of nitrogens with one attached hydrogen (secondary N) is 2. The number of carbonyl (C=O) groups excluding carboxylic acids is 1. The number of likely N-dealkylation sites (tertiary alicyclic amines) is 2. The summed E-state index contributed by atoms with van der Waals surface area (Å²) >= 11 is 0. The van der Waals surface area contributed by atoms with Crippen LogP contribution in [0.4, 0.5) is 11.4 Å². The first kappa shape index (κ1) is 49.8. The first-order chi connectivity index (χ1) is 26.2. The zero-order chi connectivity index (χ0) is 39.9. The van der Waals surface area contributed by atoms with E-state index in [2.05, 4.69) is 59.1 Å². The number of anilines is 2. The average molecular weight is 841 g/mol. The largest absolute Gasteiger partial charge is 1.00 e. The van der Waals surface area contributed by atoms with Crippen LogP contribution in [0.5, 0.6) is 0 Å². The van der Waals surface area contributed by atoms with Crippen molar-refractivity contribution in [3.8, 4) is 0 Å². The van der Waals surface area contributed by atoms with Gasteiger partial charge >= 0.3 is 24.8 Å². The second-order valence-electron chi connectivity index (χ2n) is 16.6. The second kappa shape index (κ2) is 21.8. The third-order valence-electron chi connectivity index (χ3n) is 12.8. The second-order valence-corrected chi connectivity index (χ2v) is 20.2. The Morgan fingerprint density at radius 2 is 1.16 bits per heavy atom. The van der Waals surface area contributed by atoms with Crippen LogP contribution in [0.25, 0.3) is 0 Å². The Labute approximate surface area is 367 Å². The summed E-state index contributed by atoms with van der Waals surface area (Å²) in [7, 11) is -7.25. The maximum atomic E-state index is 12.2. The van der Waals surface area contributed by atoms with E-state index >= 15 is 0 Å². The van der Waals surface area contributed by atoms with Crippen LogP contribution >= 0.6 is 0 Å². The fourth-order valence-electron chi connectivity index (χ4n) is 9.43. The first-order valence-electron chi connectivity index (χ1n) is 20.6. The number of esters is 1. The maximum absolute atomic E-state index is 12.2. The molecule has 4 aliphatic rings. The van der Waals surface area contributed by atoms with Gasteiger partial charge < -0.3 is 21.1 Å². The van der Waals surface area contributed by atoms with Crippen LogP contribution in [0.15, 0.2) is 48.5 Å². The number of sulfonamides is 2. The minimum absolute atomic E-state index is 0. The van der Waals surface area contributed by atoms with Gasteiger partial charge in [-0.15, -0.1) is 0 Å². The summed E-state index contributed by atoms with van der Waals surface area (Å²) in [5.74, 6) is 0.961. The van der Waals surface area contributed by atoms with Gasteiger partial charge in [0.05, 0.1) is 19.0 Å². The number of aliphatic hydroxyl groups excluding tert-OH is 1. The number of carbonyl (C=O) groups is 1. The monoisotopic (exact) mass is 840 g/mol. The predicted molar refractivity (Wildman–Crippen MR) is 232 cm³/mol. The molecule has 2 aliphatic heterocycles. The molecule has 11 nitrogen and oxygen atoms in total. The summed E-state index contributed by atoms with van der Waals surface area (Å²) in [6.45, 7) is 17.5. The molecule has 0 spiro atoms. The Balaban J connectivity index is 0.000000382. The summed E-state index contributed by atoms with van der Waals surface area (Å²) in [5, 5.41) is 8.88. The molecule has 4 fully saturated rings. The van der Waals surface area contributed by atoms with Crippen molar-refractivity contribution in [3.05, 3.63) is 59.7 Å². The normalized spacial score (nSPS) is 26.1. The Kier molecular flexibility index (Phi) is 19.0. The molecule has 0 aromatic heterocycles. The summed E-state index contributed by atoms with van der Waals surface area (Å²) in [6, 6.07) is 15.4. The molecule has 4 unspecified atom stereocenters. The van der Waals surface area contributed by atoms with E-state index in [1.165, 1.54) is 75.6 Å². The Morgan fingerprint density at radius 3 is 1.54 bits per heavy atom. The van der Waals surface area contributed by atoms with E-state index in [1.54, 1.807) is 19.1 Å². The van der Waals surface area contributed by atoms with Crippen molar-refractivity contribution in [3.63, 3.8) is 0 Å². The predicted octanol–water partition coefficient (Wildman–Crippen LogP) is 2.14. The number of benzene rings is 2. The molecule has 6 rings (SSSR count). The van der Waals surface area contributed by atoms with Crippen molar-refractivity contribution in [1.29, 1.82) is 0 Å². The number of hydrogen-bond acceptors (Lipinski definition) is 9. The number of unbranched alkanes of at least 4 members (excludes halogenated alkanes) is 6. The molecule has 2 aliphatic carbocycles. The minimum Gasteiger partial charge on any atom is -1.00 e. The van der Waals surface area contributed by atoms with Crippen molar-refractivity contribution in [1.82, 2.24) is 9.80 Å². The number of ether oxygens (including phenoxy) is 1. The smallest absolute Gasteiger partial charge is 1.00 e. The molecule has 3 N–H and O–H groups in total. The Bertz CT molecular complexity index is 1800. The van der Waals surface area contributed by atoms with E-state index < -0.39 is 31.8 Å². The molecule has 15 heteroatoms. The number of aliphatic hydroxyl groups is 1. The third kappa shape index (κ3) is 12.7. The summed E-state index contributed by atoms with van der Waals surface area (Å²) < 4.78 is 58.1. The molecule has 2 saturated heterocycles. The minimum atomic E-state index is -3.77. The molecule has 316 valence electrons. The molecular weight excluding hydrogens is 771 g/mol. The van der Waals surface area contributed by atoms with Gasteiger partial charge in [-0.25, -0.2) is 16.8 Å². The van der Waals surface area contributed by atoms with E-state index in [4.69, 9.17) is 9.84 Å². The quantitative estimate of drug-likeness (QED) is 0.0979. The third-order valence-corrected chi connectivity index (χ3v) is 15.2. The van der Waals surface area contributed by atoms with Gasteiger partial charge in [0.1, 0.15) is 0 Å². The molecular formula is C42H70AlLiN4O7S2. The molecule has 2 aromatic rings. The van der Waals surface area contributed by atoms with Crippen LogP contribution in [0.2, 0.25) is 0 Å². The Hall–Kier alpha value is -1.58. The standard InChI is InChI=1S/C22H34N2O4S.C20H32N2O3S.Al.Li.4H/c1-4-6-7-8-12-24-14-19-20(15-24)22(19,3)17-10-9-11-18(13-17)23-29(26,27)16-21(25)28-5-2;1-3-4-5-6-10-22-14-18-19(15-22)20(18,2)16-8-7-9-17(13-16)21-26(24,25)12-11-23;;;;;;/h9-11,13,19-20,23H,4-8,12,14-16H2,1-3H3;7-9,13,18-19,21,23H,3-6,10-12,14-15H2,1-2H3;;;;;;/q;;;+1;;;;-1. The van der Waals surface area contributed by atoms with E-state index in [0.717, 1.165) is 26.2 Å². The number of rotatable bonds is 21. The maximum Gasteiger partial charge on any atom is 1.00 e. The number of hydrogen-bond donors (Lipinski definition) is 3. The van der Waals surface area contributed by atoms with Gasteiger partial charge in [0.15, 0.2) is 23.1 Å². The van der Waals surface area contributed by atoms with Crippen molar-refractivity contribution in [2.45, 2.75) is 96.8 Å². The van der Waals surface area contributed by atoms with Crippen LogP contribution in [0.1, 0.15) is 98.5 Å². The molecule has 0 radical (unpaired) electrons. The zero-order valence-corrected chi connectivity index (χ0v) is 36.4. The van der Waals surface area contributed by atoms with Crippen LogP contribution in [0, 0.1) is 23.7 Å². The molecule has 2 heterocycles. The first-order valence-corrected chi connectivity index (χ1v) is 23.9. The Morgan fingerprint density at radius 1 is 0.737 bits per heavy atom. The van der Waals surface area contributed by atoms with Gasteiger partial charge in [0.2, 0.25) is 20.0 Å². The van der Waals surface area contributed by atoms with Gasteiger partial charge in [0, 0.05) is 48.4 Å². The van der Waals surface area contributed by atoms with E-state index in [-0.39, 0.29) is 67.4 Å². The summed E-state index contributed by atoms with van der Waals surface area (Å²) in [4.78, 5) is 16.7. The van der Waals surface area contributed by atoms with Crippen LogP contribution in [0.3, 0.4) is 0 Å². The van der Waals surface area contributed by atoms with Crippen molar-refractivity contribution >= 4 is 54.8 Å². The van der Waals surface area contributed by atoms with Crippen molar-refractivity contribution in [2.24, 2.45) is 23.7 Å². The number of nitrogens with zero attached hydrogens (tertiary/aromatic N) is 2. The zero-order valence-electron chi connectivity index (χ0n) is 35.8. The molecule has 4 atom stereocenters. The van der Waals surface area contributed by atoms with Gasteiger partial charge in [-0.3, -0.25) is 14.2 Å². The average Bonchev–Trinajstić information content (AvgIpc) is 3.61. The van der Waals surface area contributed by atoms with Crippen LogP contribution in [-0.4, -0.2) is 119 Å². The van der Waals surface area contributed by atoms with Crippen LogP contribution in [-0.2, 0) is 40.4 Å². The van der Waals surface area contributed by atoms with E-state index in [1.807, 2.05) is 24.3 Å². The van der Waals surface area contributed by atoms with Crippen molar-refractivity contribution in [2.75, 3.05) is 73.4 Å². The fraction of sp³-hybridized carbons (Fsp3) is 0.690. The molecule has 0 bridgehead atoms. The van der Waals surface area contributed by atoms with Crippen LogP contribution < -0.4 is 28.3 Å². The topological polar surface area (TPSA) is 145 Å². The van der Waals surface area contributed by atoms with Gasteiger partial charge in [-0.2, -0.15) is 0 Å². The number of piperidine rings is 2. The van der Waals surface area contributed by atoms with Crippen molar-refractivity contribution < 1.29 is 51.8 Å². The number of fused-ring (bicyclic) bond motifs is 2. The molecule has 2 saturated carbocycles. The van der Waals surface area contributed by atoms with Gasteiger partial charge in [-0.1, -0.05) is 90.5 Å². The molecule has 57 heavy (non-hydrogen) atoms. The summed E-state index contributed by atoms with van der Waals surface area (Å²) in [5.41, 5.74) is 3.78. The van der Waals surface area contributed by atoms with E-state index in [9.17, 15) is 21.6 Å². The fourth-order valence-corrected chi connectivity index (χ4v) is 11.2. The molecule has 0 amide bonds. The molecule has 2 aromatic carbocycles. The van der Waals surface area contributed by atoms with Gasteiger partial charge in [-0.05, 0) is 91.9 Å².